The number of anilines is 1. The van der Waals surface area contributed by atoms with Crippen molar-refractivity contribution in [3.05, 3.63) is 29.3 Å². The number of carboxylic acids is 1. The van der Waals surface area contributed by atoms with Crippen LogP contribution in [0.1, 0.15) is 35.7 Å². The molecule has 0 spiro atoms. The molecule has 0 aliphatic rings. The first-order valence-corrected chi connectivity index (χ1v) is 5.76. The molecule has 0 amide bonds. The van der Waals surface area contributed by atoms with Gasteiger partial charge in [-0.15, -0.1) is 0 Å². The average molecular weight is 251 g/mol. The molecule has 1 atom stereocenters. The van der Waals surface area contributed by atoms with E-state index in [2.05, 4.69) is 0 Å². The molecular formula is C13H17NO4. The lowest BCUT2D eigenvalue weighted by atomic mass is 10.1. The van der Waals surface area contributed by atoms with Crippen LogP contribution < -0.4 is 5.73 Å². The smallest absolute Gasteiger partial charge is 0.345 e. The van der Waals surface area contributed by atoms with E-state index in [1.807, 2.05) is 6.92 Å². The third-order valence-corrected chi connectivity index (χ3v) is 2.67. The van der Waals surface area contributed by atoms with Crippen LogP contribution in [0.15, 0.2) is 18.2 Å². The van der Waals surface area contributed by atoms with E-state index in [0.29, 0.717) is 29.7 Å². The molecule has 1 aromatic carbocycles. The Morgan fingerprint density at radius 3 is 2.67 bits per heavy atom. The summed E-state index contributed by atoms with van der Waals surface area (Å²) in [5.41, 5.74) is 7.07. The van der Waals surface area contributed by atoms with Gasteiger partial charge in [-0.25, -0.2) is 9.59 Å². The number of carboxylic acid groups (broad SMARTS) is 1. The first-order chi connectivity index (χ1) is 8.47. The molecule has 0 bridgehead atoms. The van der Waals surface area contributed by atoms with Gasteiger partial charge >= 0.3 is 11.9 Å². The number of carbonyl (C=O) groups excluding carboxylic acids is 1. The molecular weight excluding hydrogens is 234 g/mol. The minimum absolute atomic E-state index is 0.294. The van der Waals surface area contributed by atoms with Crippen LogP contribution in [0.4, 0.5) is 5.69 Å². The van der Waals surface area contributed by atoms with Crippen molar-refractivity contribution >= 4 is 17.6 Å². The number of rotatable bonds is 5. The van der Waals surface area contributed by atoms with E-state index in [9.17, 15) is 9.59 Å². The van der Waals surface area contributed by atoms with Gasteiger partial charge in [-0.3, -0.25) is 0 Å². The molecule has 0 radical (unpaired) electrons. The molecule has 5 heteroatoms. The lowest BCUT2D eigenvalue weighted by molar-refractivity contribution is -0.147. The van der Waals surface area contributed by atoms with Crippen LogP contribution in [0.5, 0.6) is 0 Å². The Labute approximate surface area is 106 Å². The van der Waals surface area contributed by atoms with Gasteiger partial charge in [0.2, 0.25) is 0 Å². The van der Waals surface area contributed by atoms with Crippen molar-refractivity contribution in [3.63, 3.8) is 0 Å². The Balaban J connectivity index is 2.87. The lowest BCUT2D eigenvalue weighted by Gasteiger charge is -2.14. The molecule has 3 N–H and O–H groups in total. The molecule has 0 fully saturated rings. The molecule has 1 aromatic rings. The predicted octanol–water partition coefficient (Wildman–Crippen LogP) is 1.99. The van der Waals surface area contributed by atoms with Crippen LogP contribution >= 0.6 is 0 Å². The Morgan fingerprint density at radius 2 is 2.11 bits per heavy atom. The molecule has 5 nitrogen and oxygen atoms in total. The van der Waals surface area contributed by atoms with E-state index in [1.54, 1.807) is 25.1 Å². The molecule has 0 saturated carbocycles. The summed E-state index contributed by atoms with van der Waals surface area (Å²) in [6.45, 7) is 3.52. The van der Waals surface area contributed by atoms with Gasteiger partial charge in [-0.1, -0.05) is 19.4 Å². The summed E-state index contributed by atoms with van der Waals surface area (Å²) in [4.78, 5) is 22.8. The van der Waals surface area contributed by atoms with Gasteiger partial charge in [-0.05, 0) is 31.0 Å². The fourth-order valence-electron chi connectivity index (χ4n) is 1.56. The quantitative estimate of drug-likeness (QED) is 0.617. The normalized spacial score (nSPS) is 11.9. The van der Waals surface area contributed by atoms with Crippen molar-refractivity contribution in [2.24, 2.45) is 0 Å². The van der Waals surface area contributed by atoms with Gasteiger partial charge in [0, 0.05) is 5.69 Å². The highest BCUT2D eigenvalue weighted by atomic mass is 16.6. The second-order valence-corrected chi connectivity index (χ2v) is 4.04. The second kappa shape index (κ2) is 6.05. The zero-order valence-electron chi connectivity index (χ0n) is 10.5. The number of nitrogens with two attached hydrogens (primary N) is 1. The summed E-state index contributed by atoms with van der Waals surface area (Å²) >= 11 is 0. The van der Waals surface area contributed by atoms with E-state index in [0.717, 1.165) is 0 Å². The van der Waals surface area contributed by atoms with Gasteiger partial charge in [0.05, 0.1) is 5.56 Å². The Morgan fingerprint density at radius 1 is 1.44 bits per heavy atom. The molecule has 0 aliphatic carbocycles. The zero-order chi connectivity index (χ0) is 13.7. The van der Waals surface area contributed by atoms with Crippen molar-refractivity contribution in [1.82, 2.24) is 0 Å². The van der Waals surface area contributed by atoms with Crippen LogP contribution in [-0.2, 0) is 9.53 Å². The van der Waals surface area contributed by atoms with Crippen LogP contribution in [0.2, 0.25) is 0 Å². The fraction of sp³-hybridized carbons (Fsp3) is 0.385. The molecule has 98 valence electrons. The Kier molecular flexibility index (Phi) is 4.71. The number of carbonyl (C=O) groups is 2. The highest BCUT2D eigenvalue weighted by molar-refractivity contribution is 5.94. The van der Waals surface area contributed by atoms with Crippen LogP contribution in [0, 0.1) is 6.92 Å². The SMILES string of the molecule is CCCC(OC(=O)c1cccc(N)c1C)C(=O)O. The second-order valence-electron chi connectivity index (χ2n) is 4.04. The summed E-state index contributed by atoms with van der Waals surface area (Å²) in [6.07, 6.45) is -0.189. The van der Waals surface area contributed by atoms with Crippen molar-refractivity contribution in [2.45, 2.75) is 32.8 Å². The third kappa shape index (κ3) is 3.23. The van der Waals surface area contributed by atoms with Gasteiger partial charge in [-0.2, -0.15) is 0 Å². The third-order valence-electron chi connectivity index (χ3n) is 2.67. The zero-order valence-corrected chi connectivity index (χ0v) is 10.5. The van der Waals surface area contributed by atoms with E-state index in [-0.39, 0.29) is 0 Å². The first kappa shape index (κ1) is 14.0. The van der Waals surface area contributed by atoms with Gasteiger partial charge in [0.25, 0.3) is 0 Å². The van der Waals surface area contributed by atoms with E-state index >= 15 is 0 Å². The Bertz CT molecular complexity index is 456. The van der Waals surface area contributed by atoms with Crippen molar-refractivity contribution in [3.8, 4) is 0 Å². The van der Waals surface area contributed by atoms with Crippen LogP contribution in [0.25, 0.3) is 0 Å². The average Bonchev–Trinajstić information content (AvgIpc) is 2.31. The van der Waals surface area contributed by atoms with Crippen LogP contribution in [-0.4, -0.2) is 23.1 Å². The maximum absolute atomic E-state index is 11.9. The van der Waals surface area contributed by atoms with Crippen molar-refractivity contribution in [2.75, 3.05) is 5.73 Å². The number of aliphatic carboxylic acids is 1. The maximum Gasteiger partial charge on any atom is 0.345 e. The minimum Gasteiger partial charge on any atom is -0.479 e. The number of benzene rings is 1. The first-order valence-electron chi connectivity index (χ1n) is 5.76. The highest BCUT2D eigenvalue weighted by Gasteiger charge is 2.23. The lowest BCUT2D eigenvalue weighted by Crippen LogP contribution is -2.27. The molecule has 18 heavy (non-hydrogen) atoms. The molecule has 1 rings (SSSR count). The summed E-state index contributed by atoms with van der Waals surface area (Å²) in [7, 11) is 0. The summed E-state index contributed by atoms with van der Waals surface area (Å²) in [6, 6.07) is 4.88. The number of nitrogen functional groups attached to an aromatic ring is 1. The largest absolute Gasteiger partial charge is 0.479 e. The summed E-state index contributed by atoms with van der Waals surface area (Å²) in [5, 5.41) is 8.92. The van der Waals surface area contributed by atoms with E-state index < -0.39 is 18.0 Å². The monoisotopic (exact) mass is 251 g/mol. The minimum atomic E-state index is -1.13. The van der Waals surface area contributed by atoms with E-state index in [1.165, 1.54) is 0 Å². The molecule has 0 saturated heterocycles. The van der Waals surface area contributed by atoms with Crippen LogP contribution in [0.3, 0.4) is 0 Å². The van der Waals surface area contributed by atoms with Gasteiger partial charge < -0.3 is 15.6 Å². The number of ether oxygens (including phenoxy) is 1. The fourth-order valence-corrected chi connectivity index (χ4v) is 1.56. The maximum atomic E-state index is 11.9. The van der Waals surface area contributed by atoms with Crippen molar-refractivity contribution in [1.29, 1.82) is 0 Å². The number of hydrogen-bond donors (Lipinski definition) is 2. The molecule has 1 unspecified atom stereocenters. The summed E-state index contributed by atoms with van der Waals surface area (Å²) in [5.74, 6) is -1.78. The number of hydrogen-bond acceptors (Lipinski definition) is 4. The molecule has 0 aromatic heterocycles. The number of esters is 1. The predicted molar refractivity (Wildman–Crippen MR) is 67.3 cm³/mol. The van der Waals surface area contributed by atoms with Gasteiger partial charge in [0.1, 0.15) is 0 Å². The highest BCUT2D eigenvalue weighted by Crippen LogP contribution is 2.17. The summed E-state index contributed by atoms with van der Waals surface area (Å²) < 4.78 is 4.98. The van der Waals surface area contributed by atoms with Crippen molar-refractivity contribution < 1.29 is 19.4 Å². The van der Waals surface area contributed by atoms with E-state index in [4.69, 9.17) is 15.6 Å². The molecule has 0 heterocycles. The standard InChI is InChI=1S/C13H17NO4/c1-3-5-11(12(15)16)18-13(17)9-6-4-7-10(14)8(9)2/h4,6-7,11H,3,5,14H2,1-2H3,(H,15,16). The Hall–Kier alpha value is -2.04. The molecule has 0 aliphatic heterocycles. The topological polar surface area (TPSA) is 89.6 Å². The van der Waals surface area contributed by atoms with Gasteiger partial charge in [0.15, 0.2) is 6.10 Å².